The maximum Gasteiger partial charge on any atom is 0.411 e. The number of likely N-dealkylation sites (tertiary alicyclic amines) is 1. The first-order chi connectivity index (χ1) is 14.6. The summed E-state index contributed by atoms with van der Waals surface area (Å²) in [5.74, 6) is -1.12. The number of benzene rings is 1. The Balaban J connectivity index is 1.49. The van der Waals surface area contributed by atoms with Gasteiger partial charge in [0, 0.05) is 23.8 Å². The quantitative estimate of drug-likeness (QED) is 0.736. The van der Waals surface area contributed by atoms with Gasteiger partial charge in [-0.3, -0.25) is 19.6 Å². The summed E-state index contributed by atoms with van der Waals surface area (Å²) in [7, 11) is 0. The van der Waals surface area contributed by atoms with Gasteiger partial charge in [0.05, 0.1) is 17.8 Å². The summed E-state index contributed by atoms with van der Waals surface area (Å²) in [5, 5.41) is 7.90. The molecule has 166 valence electrons. The smallest absolute Gasteiger partial charge is 0.411 e. The normalized spacial score (nSPS) is 23.8. The Hall–Kier alpha value is -2.90. The summed E-state index contributed by atoms with van der Waals surface area (Å²) in [6.45, 7) is 5.45. The van der Waals surface area contributed by atoms with Gasteiger partial charge in [0.1, 0.15) is 5.60 Å². The number of nitrogens with one attached hydrogen (secondary N) is 1. The number of primary amides is 1. The molecule has 2 amide bonds. The second-order valence-electron chi connectivity index (χ2n) is 9.82. The molecule has 1 aromatic heterocycles. The fraction of sp³-hybridized carbons (Fsp3) is 0.565. The van der Waals surface area contributed by atoms with Crippen molar-refractivity contribution in [1.29, 1.82) is 0 Å². The number of rotatable bonds is 6. The third-order valence-corrected chi connectivity index (χ3v) is 6.36. The molecule has 2 heterocycles. The van der Waals surface area contributed by atoms with Gasteiger partial charge in [-0.05, 0) is 64.0 Å². The van der Waals surface area contributed by atoms with Gasteiger partial charge < -0.3 is 10.5 Å². The highest BCUT2D eigenvalue weighted by Crippen LogP contribution is 2.44. The van der Waals surface area contributed by atoms with E-state index in [2.05, 4.69) is 10.2 Å². The molecule has 0 spiro atoms. The Morgan fingerprint density at radius 2 is 2.06 bits per heavy atom. The molecule has 2 aliphatic rings. The summed E-state index contributed by atoms with van der Waals surface area (Å²) < 4.78 is 5.57. The van der Waals surface area contributed by atoms with Gasteiger partial charge in [0.2, 0.25) is 5.91 Å². The molecule has 2 aromatic rings. The molecule has 1 aromatic carbocycles. The molecule has 8 nitrogen and oxygen atoms in total. The zero-order valence-corrected chi connectivity index (χ0v) is 18.3. The van der Waals surface area contributed by atoms with Crippen LogP contribution < -0.4 is 5.73 Å². The van der Waals surface area contributed by atoms with Crippen molar-refractivity contribution in [2.75, 3.05) is 0 Å². The number of piperidine rings is 1. The number of ether oxygens (including phenoxy) is 1. The molecule has 4 atom stereocenters. The minimum atomic E-state index is -0.632. The van der Waals surface area contributed by atoms with Crippen LogP contribution in [0, 0.1) is 11.8 Å². The highest BCUT2D eigenvalue weighted by Gasteiger charge is 2.52. The van der Waals surface area contributed by atoms with Crippen LogP contribution in [-0.2, 0) is 20.7 Å². The number of nitrogens with two attached hydrogens (primary N) is 1. The van der Waals surface area contributed by atoms with Crippen LogP contribution in [0.15, 0.2) is 24.4 Å². The number of aromatic nitrogens is 2. The van der Waals surface area contributed by atoms with E-state index in [1.54, 1.807) is 11.1 Å². The Kier molecular flexibility index (Phi) is 5.49. The van der Waals surface area contributed by atoms with Crippen LogP contribution in [-0.4, -0.2) is 50.6 Å². The van der Waals surface area contributed by atoms with Crippen LogP contribution in [0.3, 0.4) is 0 Å². The largest absolute Gasteiger partial charge is 0.444 e. The zero-order chi connectivity index (χ0) is 22.3. The second kappa shape index (κ2) is 7.98. The predicted octanol–water partition coefficient (Wildman–Crippen LogP) is 2.95. The summed E-state index contributed by atoms with van der Waals surface area (Å²) in [4.78, 5) is 39.9. The van der Waals surface area contributed by atoms with Crippen molar-refractivity contribution in [2.24, 2.45) is 17.6 Å². The van der Waals surface area contributed by atoms with Crippen molar-refractivity contribution in [3.63, 3.8) is 0 Å². The number of H-pyrrole nitrogens is 1. The number of amides is 2. The molecular formula is C23H30N4O4. The number of carbonyl (C=O) groups excluding carboxylic acids is 3. The first-order valence-corrected chi connectivity index (χ1v) is 10.9. The predicted molar refractivity (Wildman–Crippen MR) is 115 cm³/mol. The van der Waals surface area contributed by atoms with Gasteiger partial charge in [0.15, 0.2) is 5.78 Å². The van der Waals surface area contributed by atoms with E-state index in [4.69, 9.17) is 10.5 Å². The van der Waals surface area contributed by atoms with Gasteiger partial charge in [-0.1, -0.05) is 12.1 Å². The van der Waals surface area contributed by atoms with Crippen molar-refractivity contribution in [1.82, 2.24) is 15.1 Å². The average Bonchev–Trinajstić information content (AvgIpc) is 3.40. The lowest BCUT2D eigenvalue weighted by Crippen LogP contribution is -2.51. The molecule has 3 N–H and O–H groups in total. The molecule has 2 fully saturated rings. The number of nitrogens with zero attached hydrogens (tertiary/aromatic N) is 2. The van der Waals surface area contributed by atoms with E-state index in [-0.39, 0.29) is 24.2 Å². The molecule has 1 unspecified atom stereocenters. The van der Waals surface area contributed by atoms with E-state index in [0.29, 0.717) is 6.42 Å². The van der Waals surface area contributed by atoms with Gasteiger partial charge in [-0.25, -0.2) is 4.79 Å². The zero-order valence-electron chi connectivity index (χ0n) is 18.3. The molecule has 31 heavy (non-hydrogen) atoms. The van der Waals surface area contributed by atoms with Crippen LogP contribution in [0.4, 0.5) is 4.79 Å². The van der Waals surface area contributed by atoms with E-state index >= 15 is 0 Å². The van der Waals surface area contributed by atoms with Gasteiger partial charge >= 0.3 is 6.09 Å². The topological polar surface area (TPSA) is 118 Å². The minimum Gasteiger partial charge on any atom is -0.444 e. The molecular weight excluding hydrogens is 396 g/mol. The Bertz CT molecular complexity index is 1010. The molecule has 8 heteroatoms. The number of hydrogen-bond donors (Lipinski definition) is 2. The Labute approximate surface area is 181 Å². The van der Waals surface area contributed by atoms with Gasteiger partial charge in [-0.2, -0.15) is 5.10 Å². The fourth-order valence-corrected chi connectivity index (χ4v) is 5.01. The lowest BCUT2D eigenvalue weighted by Gasteiger charge is -2.36. The molecule has 0 radical (unpaired) electrons. The summed E-state index contributed by atoms with van der Waals surface area (Å²) in [6, 6.07) is 5.26. The lowest BCUT2D eigenvalue weighted by atomic mass is 9.87. The maximum atomic E-state index is 13.3. The lowest BCUT2D eigenvalue weighted by molar-refractivity contribution is -0.131. The summed E-state index contributed by atoms with van der Waals surface area (Å²) in [6.07, 6.45) is 4.28. The first-order valence-electron chi connectivity index (χ1n) is 10.9. The van der Waals surface area contributed by atoms with E-state index in [1.807, 2.05) is 39.0 Å². The van der Waals surface area contributed by atoms with E-state index in [9.17, 15) is 14.4 Å². The van der Waals surface area contributed by atoms with Crippen LogP contribution in [0.2, 0.25) is 0 Å². The third-order valence-electron chi connectivity index (χ3n) is 6.36. The summed E-state index contributed by atoms with van der Waals surface area (Å²) >= 11 is 0. The van der Waals surface area contributed by atoms with E-state index in [0.717, 1.165) is 35.7 Å². The number of carbonyl (C=O) groups is 3. The van der Waals surface area contributed by atoms with Crippen molar-refractivity contribution in [2.45, 2.75) is 70.6 Å². The van der Waals surface area contributed by atoms with E-state index in [1.165, 1.54) is 0 Å². The highest BCUT2D eigenvalue weighted by molar-refractivity contribution is 5.92. The maximum absolute atomic E-state index is 13.3. The van der Waals surface area contributed by atoms with Crippen molar-refractivity contribution < 1.29 is 19.1 Å². The molecule has 1 saturated heterocycles. The van der Waals surface area contributed by atoms with E-state index < -0.39 is 29.6 Å². The van der Waals surface area contributed by atoms with Crippen molar-refractivity contribution in [3.05, 3.63) is 30.0 Å². The highest BCUT2D eigenvalue weighted by atomic mass is 16.6. The van der Waals surface area contributed by atoms with Crippen LogP contribution in [0.25, 0.3) is 10.9 Å². The Morgan fingerprint density at radius 1 is 1.29 bits per heavy atom. The number of ketones is 1. The molecule has 2 bridgehead atoms. The first kappa shape index (κ1) is 21.3. The molecule has 1 aliphatic heterocycles. The van der Waals surface area contributed by atoms with Crippen LogP contribution in [0.1, 0.15) is 52.0 Å². The molecule has 1 aliphatic carbocycles. The van der Waals surface area contributed by atoms with Crippen molar-refractivity contribution >= 4 is 28.7 Å². The summed E-state index contributed by atoms with van der Waals surface area (Å²) in [5.41, 5.74) is 6.81. The van der Waals surface area contributed by atoms with Crippen LogP contribution in [0.5, 0.6) is 0 Å². The molecule has 4 rings (SSSR count). The van der Waals surface area contributed by atoms with Crippen molar-refractivity contribution in [3.8, 4) is 0 Å². The average molecular weight is 427 g/mol. The molecule has 1 saturated carbocycles. The van der Waals surface area contributed by atoms with Gasteiger partial charge in [0.25, 0.3) is 0 Å². The number of aromatic amines is 1. The fourth-order valence-electron chi connectivity index (χ4n) is 5.01. The van der Waals surface area contributed by atoms with Gasteiger partial charge in [-0.15, -0.1) is 0 Å². The number of Topliss-reactive ketones (excluding diaryl/α,β-unsaturated/α-hetero) is 1. The third kappa shape index (κ3) is 4.43. The Morgan fingerprint density at radius 3 is 2.77 bits per heavy atom. The SMILES string of the molecule is CC(C)(C)OC(=O)N1[C@@H]2CC[C@@H](C2)[C@H]1C(=O)CC(Cc1ccc2cn[nH]c2c1)C(N)=O. The number of fused-ring (bicyclic) bond motifs is 3. The standard InChI is InChI=1S/C23H30N4O4/c1-23(2,3)31-22(30)27-17-7-6-14(10-17)20(27)19(28)11-16(21(24)29)8-13-4-5-15-12-25-26-18(15)9-13/h4-5,9,12,14,16-17,20H,6-8,10-11H2,1-3H3,(H2,24,29)(H,25,26)/t14-,16?,17+,20-/m0/s1. The second-order valence-corrected chi connectivity index (χ2v) is 9.82. The van der Waals surface area contributed by atoms with Crippen LogP contribution >= 0.6 is 0 Å². The number of hydrogen-bond acceptors (Lipinski definition) is 5. The monoisotopic (exact) mass is 426 g/mol. The minimum absolute atomic E-state index is 0.0174.